The lowest BCUT2D eigenvalue weighted by atomic mass is 10.1. The van der Waals surface area contributed by atoms with Crippen LogP contribution in [-0.2, 0) is 20.8 Å². The summed E-state index contributed by atoms with van der Waals surface area (Å²) in [5, 5.41) is 0. The maximum absolute atomic E-state index is 14.5. The molecule has 0 aliphatic heterocycles. The van der Waals surface area contributed by atoms with E-state index in [-0.39, 0.29) is 6.07 Å². The lowest BCUT2D eigenvalue weighted by molar-refractivity contribution is -0.141. The maximum atomic E-state index is 14.5. The third-order valence-corrected chi connectivity index (χ3v) is 5.52. The number of nitrogens with zero attached hydrogens (tertiary/aromatic N) is 1. The number of halogens is 8. The van der Waals surface area contributed by atoms with Crippen molar-refractivity contribution in [2.75, 3.05) is 0 Å². The number of benzene rings is 1. The molecule has 1 N–H and O–H groups in total. The highest BCUT2D eigenvalue weighted by Gasteiger charge is 2.49. The Morgan fingerprint density at radius 2 is 1.73 bits per heavy atom. The van der Waals surface area contributed by atoms with E-state index in [4.69, 9.17) is 0 Å². The van der Waals surface area contributed by atoms with Gasteiger partial charge in [-0.05, 0) is 41.9 Å². The van der Waals surface area contributed by atoms with E-state index < -0.39 is 71.6 Å². The second-order valence-electron chi connectivity index (χ2n) is 5.98. The fraction of sp³-hybridized carbons (Fsp3) is 0.333. The summed E-state index contributed by atoms with van der Waals surface area (Å²) in [6.45, 7) is 2.61. The number of carbonyl (C=O) groups is 1. The van der Waals surface area contributed by atoms with Gasteiger partial charge in [0.1, 0.15) is 16.2 Å². The van der Waals surface area contributed by atoms with Crippen LogP contribution in [0, 0.1) is 5.82 Å². The van der Waals surface area contributed by atoms with Gasteiger partial charge in [0.2, 0.25) is 0 Å². The largest absolute Gasteiger partial charge is 0.501 e. The second kappa shape index (κ2) is 7.83. The number of aromatic amines is 1. The normalized spacial score (nSPS) is 13.0. The van der Waals surface area contributed by atoms with Crippen LogP contribution in [0.3, 0.4) is 0 Å². The third kappa shape index (κ3) is 4.61. The minimum absolute atomic E-state index is 0.126. The molecule has 1 aromatic carbocycles. The molecule has 1 aromatic heterocycles. The van der Waals surface area contributed by atoms with Gasteiger partial charge < -0.3 is 9.72 Å². The molecule has 0 saturated carbocycles. The molecular formula is C15H10BrF7N2O4S. The van der Waals surface area contributed by atoms with Crippen molar-refractivity contribution in [2.24, 2.45) is 0 Å². The number of esters is 1. The number of hydrogen-bond acceptors (Lipinski definition) is 5. The van der Waals surface area contributed by atoms with Crippen LogP contribution in [0.1, 0.15) is 29.9 Å². The summed E-state index contributed by atoms with van der Waals surface area (Å²) in [6.07, 6.45) is -5.85. The molecule has 166 valence electrons. The van der Waals surface area contributed by atoms with E-state index in [1.807, 2.05) is 0 Å². The number of alkyl halides is 6. The Balaban J connectivity index is 2.80. The number of sulfone groups is 1. The molecule has 0 amide bonds. The number of hydrogen-bond donors (Lipinski definition) is 1. The van der Waals surface area contributed by atoms with E-state index in [9.17, 15) is 43.9 Å². The van der Waals surface area contributed by atoms with E-state index in [2.05, 4.69) is 25.7 Å². The number of rotatable bonds is 4. The summed E-state index contributed by atoms with van der Waals surface area (Å²) in [4.78, 5) is 15.5. The Morgan fingerprint density at radius 3 is 2.17 bits per heavy atom. The van der Waals surface area contributed by atoms with Crippen LogP contribution in [0.25, 0.3) is 11.4 Å². The van der Waals surface area contributed by atoms with Crippen LogP contribution in [0.2, 0.25) is 0 Å². The quantitative estimate of drug-likeness (QED) is 0.454. The Labute approximate surface area is 172 Å². The molecule has 0 atom stereocenters. The number of ether oxygens (including phenoxy) is 1. The second-order valence-corrected chi connectivity index (χ2v) is 8.64. The molecule has 0 aliphatic rings. The predicted octanol–water partition coefficient (Wildman–Crippen LogP) is 4.86. The van der Waals surface area contributed by atoms with Crippen molar-refractivity contribution in [3.63, 3.8) is 0 Å². The zero-order chi connectivity index (χ0) is 23.2. The lowest BCUT2D eigenvalue weighted by Crippen LogP contribution is -2.26. The highest BCUT2D eigenvalue weighted by Crippen LogP contribution is 2.38. The van der Waals surface area contributed by atoms with Crippen molar-refractivity contribution in [1.82, 2.24) is 9.97 Å². The van der Waals surface area contributed by atoms with Crippen molar-refractivity contribution < 1.29 is 48.7 Å². The Hall–Kier alpha value is -2.16. The average molecular weight is 527 g/mol. The van der Waals surface area contributed by atoms with Crippen molar-refractivity contribution >= 4 is 31.7 Å². The van der Waals surface area contributed by atoms with Gasteiger partial charge in [0.05, 0.1) is 22.1 Å². The zero-order valence-electron chi connectivity index (χ0n) is 14.7. The molecular weight excluding hydrogens is 517 g/mol. The van der Waals surface area contributed by atoms with Gasteiger partial charge >= 0.3 is 17.7 Å². The average Bonchev–Trinajstić information content (AvgIpc) is 2.94. The van der Waals surface area contributed by atoms with E-state index in [0.717, 1.165) is 0 Å². The van der Waals surface area contributed by atoms with E-state index >= 15 is 0 Å². The monoisotopic (exact) mass is 526 g/mol. The summed E-state index contributed by atoms with van der Waals surface area (Å²) in [6, 6.07) is 0.197. The third-order valence-electron chi connectivity index (χ3n) is 3.42. The molecule has 0 unspecified atom stereocenters. The highest BCUT2D eigenvalue weighted by molar-refractivity contribution is 9.10. The van der Waals surface area contributed by atoms with Gasteiger partial charge in [-0.2, -0.15) is 26.3 Å². The first-order valence-corrected chi connectivity index (χ1v) is 9.93. The van der Waals surface area contributed by atoms with Crippen molar-refractivity contribution in [1.29, 1.82) is 0 Å². The molecule has 15 heteroatoms. The first-order valence-electron chi connectivity index (χ1n) is 7.65. The van der Waals surface area contributed by atoms with Crippen molar-refractivity contribution in [3.8, 4) is 11.4 Å². The molecule has 6 nitrogen and oxygen atoms in total. The number of nitrogens with one attached hydrogen (secondary N) is 1. The topological polar surface area (TPSA) is 89.1 Å². The van der Waals surface area contributed by atoms with Gasteiger partial charge in [-0.25, -0.2) is 22.6 Å². The fourth-order valence-corrected chi connectivity index (χ4v) is 3.63. The fourth-order valence-electron chi connectivity index (χ4n) is 2.19. The molecule has 0 radical (unpaired) electrons. The van der Waals surface area contributed by atoms with Crippen molar-refractivity contribution in [2.45, 2.75) is 36.5 Å². The standard InChI is InChI=1S/C15H10BrF7N2O4S/c1-5(2)29-13(26)7-3-6(12-24-10(11(16)25-12)14(18,19)20)8(17)4-9(7)30(27,28)15(21,22)23/h3-5H,1-2H3,(H,24,25). The van der Waals surface area contributed by atoms with E-state index in [0.29, 0.717) is 6.07 Å². The molecule has 2 rings (SSSR count). The smallest absolute Gasteiger partial charge is 0.459 e. The molecule has 2 aromatic rings. The SMILES string of the molecule is CC(C)OC(=O)c1cc(-c2nc(Br)c(C(F)(F)F)[nH]2)c(F)cc1S(=O)(=O)C(F)(F)F. The number of aromatic nitrogens is 2. The Kier molecular flexibility index (Phi) is 6.29. The van der Waals surface area contributed by atoms with Gasteiger partial charge in [0.15, 0.2) is 5.69 Å². The molecule has 0 fully saturated rings. The maximum Gasteiger partial charge on any atom is 0.501 e. The summed E-state index contributed by atoms with van der Waals surface area (Å²) < 4.78 is 119. The van der Waals surface area contributed by atoms with Crippen LogP contribution in [0.4, 0.5) is 30.7 Å². The number of imidazole rings is 1. The summed E-state index contributed by atoms with van der Waals surface area (Å²) in [5.74, 6) is -4.05. The highest BCUT2D eigenvalue weighted by atomic mass is 79.9. The lowest BCUT2D eigenvalue weighted by Gasteiger charge is -2.15. The first-order chi connectivity index (χ1) is 13.5. The molecule has 0 bridgehead atoms. The number of H-pyrrole nitrogens is 1. The Bertz CT molecular complexity index is 1090. The summed E-state index contributed by atoms with van der Waals surface area (Å²) in [5.41, 5.74) is -9.43. The molecule has 0 aliphatic carbocycles. The van der Waals surface area contributed by atoms with Crippen LogP contribution >= 0.6 is 15.9 Å². The molecule has 1 heterocycles. The molecule has 0 spiro atoms. The Morgan fingerprint density at radius 1 is 1.17 bits per heavy atom. The summed E-state index contributed by atoms with van der Waals surface area (Å²) >= 11 is 2.51. The summed E-state index contributed by atoms with van der Waals surface area (Å²) in [7, 11) is -6.20. The van der Waals surface area contributed by atoms with Crippen LogP contribution in [0.5, 0.6) is 0 Å². The number of carbonyl (C=O) groups excluding carboxylic acids is 1. The van der Waals surface area contributed by atoms with Gasteiger partial charge in [0.25, 0.3) is 9.84 Å². The van der Waals surface area contributed by atoms with E-state index in [1.54, 1.807) is 4.98 Å². The molecule has 0 saturated heterocycles. The van der Waals surface area contributed by atoms with E-state index in [1.165, 1.54) is 13.8 Å². The first kappa shape index (κ1) is 24.1. The molecule has 30 heavy (non-hydrogen) atoms. The van der Waals surface area contributed by atoms with Gasteiger partial charge in [-0.15, -0.1) is 0 Å². The minimum Gasteiger partial charge on any atom is -0.459 e. The van der Waals surface area contributed by atoms with Gasteiger partial charge in [0, 0.05) is 0 Å². The van der Waals surface area contributed by atoms with Crippen molar-refractivity contribution in [3.05, 3.63) is 33.8 Å². The van der Waals surface area contributed by atoms with Gasteiger partial charge in [-0.3, -0.25) is 0 Å². The minimum atomic E-state index is -6.20. The van der Waals surface area contributed by atoms with Crippen LogP contribution < -0.4 is 0 Å². The van der Waals surface area contributed by atoms with Crippen LogP contribution in [0.15, 0.2) is 21.6 Å². The zero-order valence-corrected chi connectivity index (χ0v) is 17.1. The predicted molar refractivity (Wildman–Crippen MR) is 90.5 cm³/mol. The van der Waals surface area contributed by atoms with Crippen LogP contribution in [-0.4, -0.2) is 36.0 Å². The van der Waals surface area contributed by atoms with Gasteiger partial charge in [-0.1, -0.05) is 0 Å².